The summed E-state index contributed by atoms with van der Waals surface area (Å²) in [6, 6.07) is 7.37. The molecule has 0 heterocycles. The van der Waals surface area contributed by atoms with Crippen LogP contribution < -0.4 is 4.43 Å². The number of rotatable bonds is 5. The maximum Gasteiger partial charge on any atom is 0.251 e. The highest BCUT2D eigenvalue weighted by molar-refractivity contribution is 6.74. The fourth-order valence-corrected chi connectivity index (χ4v) is 4.11. The van der Waals surface area contributed by atoms with Gasteiger partial charge in [-0.2, -0.15) is 0 Å². The Hall–Kier alpha value is -1.09. The molecule has 3 heteroatoms. The van der Waals surface area contributed by atoms with Crippen LogP contribution in [0.15, 0.2) is 24.3 Å². The van der Waals surface area contributed by atoms with Gasteiger partial charge in [0.1, 0.15) is 12.0 Å². The summed E-state index contributed by atoms with van der Waals surface area (Å²) >= 11 is 0. The summed E-state index contributed by atoms with van der Waals surface area (Å²) in [4.78, 5) is 10.6. The quantitative estimate of drug-likeness (QED) is 0.577. The molecule has 0 aromatic heterocycles. The van der Waals surface area contributed by atoms with E-state index in [4.69, 9.17) is 4.43 Å². The monoisotopic (exact) mass is 264 g/mol. The minimum absolute atomic E-state index is 0.191. The van der Waals surface area contributed by atoms with Crippen molar-refractivity contribution >= 4 is 14.6 Å². The molecule has 0 radical (unpaired) electrons. The van der Waals surface area contributed by atoms with Gasteiger partial charge in [0.25, 0.3) is 8.32 Å². The van der Waals surface area contributed by atoms with Crippen LogP contribution in [0.3, 0.4) is 0 Å². The summed E-state index contributed by atoms with van der Waals surface area (Å²) in [7, 11) is -1.85. The number of hydrogen-bond acceptors (Lipinski definition) is 2. The largest absolute Gasteiger partial charge is 0.543 e. The van der Waals surface area contributed by atoms with Crippen molar-refractivity contribution in [1.82, 2.24) is 0 Å². The van der Waals surface area contributed by atoms with Gasteiger partial charge in [0.05, 0.1) is 0 Å². The molecule has 0 fully saturated rings. The SMILES string of the molecule is CC(C)C(C)(C)[Si](C)(C)Oc1ccc(C=O)cc1. The summed E-state index contributed by atoms with van der Waals surface area (Å²) in [5, 5.41) is 0.191. The van der Waals surface area contributed by atoms with Crippen LogP contribution >= 0.6 is 0 Å². The average molecular weight is 264 g/mol. The Morgan fingerprint density at radius 2 is 1.67 bits per heavy atom. The minimum atomic E-state index is -1.85. The van der Waals surface area contributed by atoms with E-state index in [-0.39, 0.29) is 5.04 Å². The lowest BCUT2D eigenvalue weighted by molar-refractivity contribution is 0.112. The lowest BCUT2D eigenvalue weighted by atomic mass is 9.99. The fourth-order valence-electron chi connectivity index (χ4n) is 1.74. The van der Waals surface area contributed by atoms with Crippen LogP contribution in [0.25, 0.3) is 0 Å². The topological polar surface area (TPSA) is 26.3 Å². The Labute approximate surface area is 111 Å². The normalized spacial score (nSPS) is 12.6. The van der Waals surface area contributed by atoms with Gasteiger partial charge in [-0.3, -0.25) is 4.79 Å². The van der Waals surface area contributed by atoms with Gasteiger partial charge in [-0.15, -0.1) is 0 Å². The van der Waals surface area contributed by atoms with Crippen molar-refractivity contribution in [3.05, 3.63) is 29.8 Å². The zero-order chi connectivity index (χ0) is 14.0. The fraction of sp³-hybridized carbons (Fsp3) is 0.533. The Balaban J connectivity index is 2.91. The number of carbonyl (C=O) groups is 1. The summed E-state index contributed by atoms with van der Waals surface area (Å²) in [5.74, 6) is 1.44. The zero-order valence-electron chi connectivity index (χ0n) is 12.3. The molecule has 0 saturated carbocycles. The molecular weight excluding hydrogens is 240 g/mol. The van der Waals surface area contributed by atoms with Gasteiger partial charge >= 0.3 is 0 Å². The van der Waals surface area contributed by atoms with Gasteiger partial charge < -0.3 is 4.43 Å². The van der Waals surface area contributed by atoms with Crippen molar-refractivity contribution in [2.24, 2.45) is 5.92 Å². The lowest BCUT2D eigenvalue weighted by Crippen LogP contribution is -2.47. The molecular formula is C15H24O2Si. The van der Waals surface area contributed by atoms with E-state index in [0.717, 1.165) is 12.0 Å². The number of benzene rings is 1. The molecule has 1 rings (SSSR count). The van der Waals surface area contributed by atoms with Crippen molar-refractivity contribution < 1.29 is 9.22 Å². The Morgan fingerprint density at radius 1 is 1.17 bits per heavy atom. The average Bonchev–Trinajstić information content (AvgIpc) is 2.29. The van der Waals surface area contributed by atoms with Crippen LogP contribution in [0.1, 0.15) is 38.1 Å². The maximum absolute atomic E-state index is 10.6. The molecule has 0 atom stereocenters. The first-order valence-corrected chi connectivity index (χ1v) is 9.36. The lowest BCUT2D eigenvalue weighted by Gasteiger charge is -2.42. The van der Waals surface area contributed by atoms with Crippen LogP contribution in [-0.2, 0) is 0 Å². The maximum atomic E-state index is 10.6. The van der Waals surface area contributed by atoms with Crippen molar-refractivity contribution in [2.75, 3.05) is 0 Å². The Bertz CT molecular complexity index is 405. The van der Waals surface area contributed by atoms with Crippen molar-refractivity contribution in [2.45, 2.75) is 45.8 Å². The van der Waals surface area contributed by atoms with Gasteiger partial charge in [0.2, 0.25) is 0 Å². The molecule has 0 spiro atoms. The molecule has 0 bridgehead atoms. The Kier molecular flexibility index (Phi) is 4.38. The van der Waals surface area contributed by atoms with Gasteiger partial charge in [0.15, 0.2) is 0 Å². The van der Waals surface area contributed by atoms with E-state index < -0.39 is 8.32 Å². The molecule has 0 aliphatic carbocycles. The zero-order valence-corrected chi connectivity index (χ0v) is 13.3. The van der Waals surface area contributed by atoms with E-state index in [9.17, 15) is 4.79 Å². The molecule has 100 valence electrons. The van der Waals surface area contributed by atoms with Crippen LogP contribution in [0.5, 0.6) is 5.75 Å². The third kappa shape index (κ3) is 3.02. The van der Waals surface area contributed by atoms with Crippen LogP contribution in [0.4, 0.5) is 0 Å². The van der Waals surface area contributed by atoms with E-state index >= 15 is 0 Å². The van der Waals surface area contributed by atoms with Crippen molar-refractivity contribution in [3.63, 3.8) is 0 Å². The first-order valence-electron chi connectivity index (χ1n) is 6.45. The third-order valence-corrected chi connectivity index (χ3v) is 8.81. The molecule has 0 amide bonds. The molecule has 0 unspecified atom stereocenters. The summed E-state index contributed by atoms with van der Waals surface area (Å²) in [6.45, 7) is 13.6. The summed E-state index contributed by atoms with van der Waals surface area (Å²) in [6.07, 6.45) is 0.852. The number of aldehydes is 1. The number of carbonyl (C=O) groups excluding carboxylic acids is 1. The van der Waals surface area contributed by atoms with Gasteiger partial charge in [0, 0.05) is 5.56 Å². The van der Waals surface area contributed by atoms with E-state index in [0.29, 0.717) is 11.5 Å². The highest BCUT2D eigenvalue weighted by Gasteiger charge is 2.44. The second kappa shape index (κ2) is 5.27. The molecule has 1 aromatic carbocycles. The molecule has 0 N–H and O–H groups in total. The molecule has 18 heavy (non-hydrogen) atoms. The Morgan fingerprint density at radius 3 is 2.06 bits per heavy atom. The van der Waals surface area contributed by atoms with Gasteiger partial charge in [-0.25, -0.2) is 0 Å². The second-order valence-corrected chi connectivity index (χ2v) is 10.7. The van der Waals surface area contributed by atoms with Crippen LogP contribution in [-0.4, -0.2) is 14.6 Å². The van der Waals surface area contributed by atoms with Crippen LogP contribution in [0.2, 0.25) is 18.1 Å². The first-order chi connectivity index (χ1) is 8.20. The summed E-state index contributed by atoms with van der Waals surface area (Å²) in [5.41, 5.74) is 0.685. The molecule has 2 nitrogen and oxygen atoms in total. The standard InChI is InChI=1S/C15H24O2Si/c1-12(2)15(3,4)18(5,6)17-14-9-7-13(11-16)8-10-14/h7-12H,1-6H3. The first kappa shape index (κ1) is 15.0. The number of hydrogen-bond donors (Lipinski definition) is 0. The molecule has 0 aliphatic heterocycles. The highest BCUT2D eigenvalue weighted by Crippen LogP contribution is 2.44. The highest BCUT2D eigenvalue weighted by atomic mass is 28.4. The van der Waals surface area contributed by atoms with Crippen molar-refractivity contribution in [3.8, 4) is 5.75 Å². The van der Waals surface area contributed by atoms with Crippen LogP contribution in [0, 0.1) is 5.92 Å². The van der Waals surface area contributed by atoms with Gasteiger partial charge in [-0.05, 0) is 48.3 Å². The predicted octanol–water partition coefficient (Wildman–Crippen LogP) is 4.52. The smallest absolute Gasteiger partial charge is 0.251 e. The molecule has 0 saturated heterocycles. The predicted molar refractivity (Wildman–Crippen MR) is 78.8 cm³/mol. The molecule has 1 aromatic rings. The second-order valence-electron chi connectivity index (χ2n) is 6.18. The van der Waals surface area contributed by atoms with Gasteiger partial charge in [-0.1, -0.05) is 27.7 Å². The van der Waals surface area contributed by atoms with E-state index in [1.807, 2.05) is 12.1 Å². The third-order valence-electron chi connectivity index (χ3n) is 4.38. The summed E-state index contributed by atoms with van der Waals surface area (Å²) < 4.78 is 6.25. The minimum Gasteiger partial charge on any atom is -0.543 e. The van der Waals surface area contributed by atoms with E-state index in [1.165, 1.54) is 0 Å². The van der Waals surface area contributed by atoms with E-state index in [1.54, 1.807) is 12.1 Å². The van der Waals surface area contributed by atoms with E-state index in [2.05, 4.69) is 40.8 Å². The molecule has 0 aliphatic rings. The van der Waals surface area contributed by atoms with Crippen molar-refractivity contribution in [1.29, 1.82) is 0 Å².